The quantitative estimate of drug-likeness (QED) is 0.785. The molecule has 2 aromatic rings. The standard InChI is InChI=1S/C20H21NO4/c1-24-17-12-6-5-11-16(17)20(23)25-18(15-9-3-2-4-10-15)19(22)21-13-7-8-14-21/h2-6,9-12,18H,7-8,13-14H2,1H3/t18-/m1/s1. The summed E-state index contributed by atoms with van der Waals surface area (Å²) in [6, 6.07) is 16.0. The molecule has 0 aromatic heterocycles. The van der Waals surface area contributed by atoms with Crippen molar-refractivity contribution in [2.24, 2.45) is 0 Å². The largest absolute Gasteiger partial charge is 0.496 e. The molecule has 1 saturated heterocycles. The lowest BCUT2D eigenvalue weighted by atomic mass is 10.1. The van der Waals surface area contributed by atoms with Crippen LogP contribution in [-0.2, 0) is 9.53 Å². The molecule has 0 unspecified atom stereocenters. The maximum Gasteiger partial charge on any atom is 0.343 e. The minimum absolute atomic E-state index is 0.174. The molecule has 1 heterocycles. The molecule has 0 radical (unpaired) electrons. The van der Waals surface area contributed by atoms with Gasteiger partial charge in [0.25, 0.3) is 5.91 Å². The molecule has 0 bridgehead atoms. The van der Waals surface area contributed by atoms with Gasteiger partial charge < -0.3 is 14.4 Å². The Hall–Kier alpha value is -2.82. The van der Waals surface area contributed by atoms with Crippen molar-refractivity contribution >= 4 is 11.9 Å². The summed E-state index contributed by atoms with van der Waals surface area (Å²) in [5.41, 5.74) is 0.975. The zero-order valence-electron chi connectivity index (χ0n) is 14.2. The van der Waals surface area contributed by atoms with Crippen LogP contribution in [0.2, 0.25) is 0 Å². The molecule has 0 N–H and O–H groups in total. The van der Waals surface area contributed by atoms with Crippen LogP contribution in [0.25, 0.3) is 0 Å². The second-order valence-electron chi connectivity index (χ2n) is 5.93. The van der Waals surface area contributed by atoms with Gasteiger partial charge in [-0.1, -0.05) is 42.5 Å². The van der Waals surface area contributed by atoms with Gasteiger partial charge in [0.1, 0.15) is 11.3 Å². The van der Waals surface area contributed by atoms with Gasteiger partial charge in [-0.15, -0.1) is 0 Å². The van der Waals surface area contributed by atoms with Crippen molar-refractivity contribution in [2.45, 2.75) is 18.9 Å². The Labute approximate surface area is 147 Å². The molecule has 0 aliphatic carbocycles. The first kappa shape index (κ1) is 17.0. The van der Waals surface area contributed by atoms with E-state index in [-0.39, 0.29) is 5.91 Å². The number of ether oxygens (including phenoxy) is 2. The van der Waals surface area contributed by atoms with E-state index in [0.717, 1.165) is 12.8 Å². The molecule has 5 nitrogen and oxygen atoms in total. The Kier molecular flexibility index (Phi) is 5.33. The van der Waals surface area contributed by atoms with Crippen molar-refractivity contribution in [1.82, 2.24) is 4.90 Å². The van der Waals surface area contributed by atoms with Crippen LogP contribution in [-0.4, -0.2) is 37.0 Å². The average molecular weight is 339 g/mol. The van der Waals surface area contributed by atoms with Crippen LogP contribution in [0, 0.1) is 0 Å². The maximum atomic E-state index is 12.9. The molecule has 1 aliphatic heterocycles. The fourth-order valence-electron chi connectivity index (χ4n) is 2.98. The first-order valence-electron chi connectivity index (χ1n) is 8.38. The van der Waals surface area contributed by atoms with Crippen LogP contribution in [0.1, 0.15) is 34.9 Å². The molecule has 130 valence electrons. The van der Waals surface area contributed by atoms with E-state index in [1.54, 1.807) is 41.3 Å². The lowest BCUT2D eigenvalue weighted by molar-refractivity contribution is -0.140. The minimum Gasteiger partial charge on any atom is -0.496 e. The number of carbonyl (C=O) groups excluding carboxylic acids is 2. The van der Waals surface area contributed by atoms with Crippen molar-refractivity contribution in [1.29, 1.82) is 0 Å². The van der Waals surface area contributed by atoms with Gasteiger partial charge in [0.2, 0.25) is 6.10 Å². The number of likely N-dealkylation sites (tertiary alicyclic amines) is 1. The van der Waals surface area contributed by atoms with E-state index in [1.807, 2.05) is 18.2 Å². The molecule has 0 saturated carbocycles. The summed E-state index contributed by atoms with van der Waals surface area (Å²) in [7, 11) is 1.50. The molecule has 1 fully saturated rings. The van der Waals surface area contributed by atoms with Crippen molar-refractivity contribution < 1.29 is 19.1 Å². The van der Waals surface area contributed by atoms with Crippen molar-refractivity contribution in [3.05, 3.63) is 65.7 Å². The number of nitrogens with zero attached hydrogens (tertiary/aromatic N) is 1. The Bertz CT molecular complexity index is 738. The number of amides is 1. The summed E-state index contributed by atoms with van der Waals surface area (Å²) in [6.07, 6.45) is 1.01. The van der Waals surface area contributed by atoms with Crippen LogP contribution < -0.4 is 4.74 Å². The summed E-state index contributed by atoms with van der Waals surface area (Å²) >= 11 is 0. The predicted molar refractivity (Wildman–Crippen MR) is 93.4 cm³/mol. The van der Waals surface area contributed by atoms with Gasteiger partial charge in [-0.05, 0) is 25.0 Å². The molecule has 2 aromatic carbocycles. The lowest BCUT2D eigenvalue weighted by Gasteiger charge is -2.23. The number of carbonyl (C=O) groups is 2. The Morgan fingerprint density at radius 1 is 0.960 bits per heavy atom. The summed E-state index contributed by atoms with van der Waals surface area (Å²) in [5.74, 6) is -0.321. The average Bonchev–Trinajstić information content (AvgIpc) is 3.21. The third kappa shape index (κ3) is 3.82. The number of esters is 1. The number of hydrogen-bond acceptors (Lipinski definition) is 4. The Balaban J connectivity index is 1.87. The van der Waals surface area contributed by atoms with E-state index in [1.165, 1.54) is 7.11 Å². The summed E-state index contributed by atoms with van der Waals surface area (Å²) in [6.45, 7) is 1.41. The Morgan fingerprint density at radius 2 is 1.60 bits per heavy atom. The molecular formula is C20H21NO4. The third-order valence-electron chi connectivity index (χ3n) is 4.30. The van der Waals surface area contributed by atoms with Gasteiger partial charge >= 0.3 is 5.97 Å². The number of hydrogen-bond donors (Lipinski definition) is 0. The van der Waals surface area contributed by atoms with E-state index >= 15 is 0 Å². The SMILES string of the molecule is COc1ccccc1C(=O)O[C@@H](C(=O)N1CCCC1)c1ccccc1. The highest BCUT2D eigenvalue weighted by atomic mass is 16.6. The number of methoxy groups -OCH3 is 1. The summed E-state index contributed by atoms with van der Waals surface area (Å²) in [4.78, 5) is 27.3. The minimum atomic E-state index is -0.947. The van der Waals surface area contributed by atoms with E-state index in [2.05, 4.69) is 0 Å². The van der Waals surface area contributed by atoms with E-state index in [0.29, 0.717) is 30.0 Å². The molecule has 3 rings (SSSR count). The van der Waals surface area contributed by atoms with Crippen LogP contribution in [0.15, 0.2) is 54.6 Å². The topological polar surface area (TPSA) is 55.8 Å². The lowest BCUT2D eigenvalue weighted by Crippen LogP contribution is -2.34. The van der Waals surface area contributed by atoms with Crippen LogP contribution >= 0.6 is 0 Å². The van der Waals surface area contributed by atoms with Crippen molar-refractivity contribution in [3.63, 3.8) is 0 Å². The summed E-state index contributed by atoms with van der Waals surface area (Å²) < 4.78 is 10.8. The van der Waals surface area contributed by atoms with E-state index in [4.69, 9.17) is 9.47 Å². The summed E-state index contributed by atoms with van der Waals surface area (Å²) in [5, 5.41) is 0. The monoisotopic (exact) mass is 339 g/mol. The first-order chi connectivity index (χ1) is 12.2. The van der Waals surface area contributed by atoms with Gasteiger partial charge in [-0.25, -0.2) is 4.79 Å². The van der Waals surface area contributed by atoms with Gasteiger partial charge in [0, 0.05) is 18.7 Å². The third-order valence-corrected chi connectivity index (χ3v) is 4.30. The van der Waals surface area contributed by atoms with Crippen molar-refractivity contribution in [3.8, 4) is 5.75 Å². The molecule has 1 amide bonds. The van der Waals surface area contributed by atoms with E-state index in [9.17, 15) is 9.59 Å². The second kappa shape index (κ2) is 7.83. The van der Waals surface area contributed by atoms with Crippen LogP contribution in [0.3, 0.4) is 0 Å². The van der Waals surface area contributed by atoms with Crippen LogP contribution in [0.4, 0.5) is 0 Å². The zero-order chi connectivity index (χ0) is 17.6. The van der Waals surface area contributed by atoms with Crippen molar-refractivity contribution in [2.75, 3.05) is 20.2 Å². The van der Waals surface area contributed by atoms with E-state index < -0.39 is 12.1 Å². The van der Waals surface area contributed by atoms with Gasteiger partial charge in [0.05, 0.1) is 7.11 Å². The molecule has 1 aliphatic rings. The maximum absolute atomic E-state index is 12.9. The molecule has 5 heteroatoms. The fraction of sp³-hybridized carbons (Fsp3) is 0.300. The van der Waals surface area contributed by atoms with Gasteiger partial charge in [-0.2, -0.15) is 0 Å². The highest BCUT2D eigenvalue weighted by Crippen LogP contribution is 2.26. The smallest absolute Gasteiger partial charge is 0.343 e. The second-order valence-corrected chi connectivity index (χ2v) is 5.93. The van der Waals surface area contributed by atoms with Gasteiger partial charge in [-0.3, -0.25) is 4.79 Å². The highest BCUT2D eigenvalue weighted by molar-refractivity contribution is 5.95. The molecule has 0 spiro atoms. The Morgan fingerprint density at radius 3 is 2.28 bits per heavy atom. The highest BCUT2D eigenvalue weighted by Gasteiger charge is 2.31. The molecule has 1 atom stereocenters. The molecule has 25 heavy (non-hydrogen) atoms. The normalized spacial score (nSPS) is 14.8. The zero-order valence-corrected chi connectivity index (χ0v) is 14.2. The number of benzene rings is 2. The number of para-hydroxylation sites is 1. The predicted octanol–water partition coefficient (Wildman–Crippen LogP) is 3.22. The fourth-order valence-corrected chi connectivity index (χ4v) is 2.98. The van der Waals surface area contributed by atoms with Crippen LogP contribution in [0.5, 0.6) is 5.75 Å². The molecular weight excluding hydrogens is 318 g/mol. The number of rotatable bonds is 5. The first-order valence-corrected chi connectivity index (χ1v) is 8.38. The van der Waals surface area contributed by atoms with Gasteiger partial charge in [0.15, 0.2) is 0 Å².